The normalized spacial score (nSPS) is 20.6. The molecule has 0 aromatic heterocycles. The monoisotopic (exact) mass is 186 g/mol. The number of nitrogens with two attached hydrogens (primary N) is 1. The first-order chi connectivity index (χ1) is 6.11. The highest BCUT2D eigenvalue weighted by Gasteiger charge is 2.25. The van der Waals surface area contributed by atoms with Crippen LogP contribution in [0.15, 0.2) is 0 Å². The number of rotatable bonds is 3. The van der Waals surface area contributed by atoms with Crippen LogP contribution < -0.4 is 5.73 Å². The Balaban J connectivity index is 2.44. The van der Waals surface area contributed by atoms with Gasteiger partial charge in [0.1, 0.15) is 13.2 Å². The summed E-state index contributed by atoms with van der Waals surface area (Å²) in [7, 11) is 0. The zero-order valence-corrected chi connectivity index (χ0v) is 7.66. The molecule has 5 heteroatoms. The van der Waals surface area contributed by atoms with Crippen molar-refractivity contribution in [3.05, 3.63) is 0 Å². The molecule has 1 rings (SSSR count). The number of ether oxygens (including phenoxy) is 1. The summed E-state index contributed by atoms with van der Waals surface area (Å²) in [6.07, 6.45) is 0.636. The van der Waals surface area contributed by atoms with Crippen LogP contribution in [0.2, 0.25) is 0 Å². The number of amides is 2. The van der Waals surface area contributed by atoms with Crippen LogP contribution in [0.3, 0.4) is 0 Å². The Kier molecular flexibility index (Phi) is 3.39. The molecule has 1 aliphatic heterocycles. The Morgan fingerprint density at radius 2 is 2.00 bits per heavy atom. The van der Waals surface area contributed by atoms with E-state index in [1.165, 1.54) is 4.90 Å². The summed E-state index contributed by atoms with van der Waals surface area (Å²) in [6.45, 7) is 2.25. The number of nitrogens with zero attached hydrogens (tertiary/aromatic N) is 1. The summed E-state index contributed by atoms with van der Waals surface area (Å²) in [4.78, 5) is 23.5. The molecule has 0 spiro atoms. The number of hydrogen-bond donors (Lipinski definition) is 1. The van der Waals surface area contributed by atoms with Gasteiger partial charge in [-0.3, -0.25) is 14.5 Å². The predicted octanol–water partition coefficient (Wildman–Crippen LogP) is -0.891. The first kappa shape index (κ1) is 10.1. The molecule has 5 nitrogen and oxygen atoms in total. The number of imide groups is 1. The summed E-state index contributed by atoms with van der Waals surface area (Å²) in [6, 6.07) is 0.00319. The minimum atomic E-state index is -0.267. The van der Waals surface area contributed by atoms with Crippen LogP contribution >= 0.6 is 0 Å². The Hall–Kier alpha value is -0.940. The molecule has 0 bridgehead atoms. The molecular weight excluding hydrogens is 172 g/mol. The van der Waals surface area contributed by atoms with E-state index >= 15 is 0 Å². The van der Waals surface area contributed by atoms with Crippen LogP contribution in [0.25, 0.3) is 0 Å². The van der Waals surface area contributed by atoms with Crippen molar-refractivity contribution in [2.75, 3.05) is 19.8 Å². The maximum Gasteiger partial charge on any atom is 0.255 e. The highest BCUT2D eigenvalue weighted by Crippen LogP contribution is 2.02. The molecule has 1 fully saturated rings. The molecule has 0 aromatic carbocycles. The molecule has 0 aromatic rings. The highest BCUT2D eigenvalue weighted by atomic mass is 16.5. The number of hydrogen-bond acceptors (Lipinski definition) is 4. The lowest BCUT2D eigenvalue weighted by Gasteiger charge is -2.25. The van der Waals surface area contributed by atoms with Gasteiger partial charge in [-0.1, -0.05) is 0 Å². The molecule has 2 amide bonds. The average Bonchev–Trinajstić information content (AvgIpc) is 2.03. The van der Waals surface area contributed by atoms with E-state index in [1.807, 2.05) is 6.92 Å². The van der Waals surface area contributed by atoms with Gasteiger partial charge in [-0.25, -0.2) is 0 Å². The summed E-state index contributed by atoms with van der Waals surface area (Å²) in [5.74, 6) is -0.534. The van der Waals surface area contributed by atoms with Crippen LogP contribution in [0, 0.1) is 0 Å². The maximum absolute atomic E-state index is 11.2. The fraction of sp³-hybridized carbons (Fsp3) is 0.750. The number of carbonyl (C=O) groups excluding carboxylic acids is 2. The van der Waals surface area contributed by atoms with E-state index < -0.39 is 0 Å². The lowest BCUT2D eigenvalue weighted by molar-refractivity contribution is -0.158. The quantitative estimate of drug-likeness (QED) is 0.580. The van der Waals surface area contributed by atoms with E-state index in [1.54, 1.807) is 0 Å². The third-order valence-electron chi connectivity index (χ3n) is 1.86. The molecule has 0 radical (unpaired) electrons. The van der Waals surface area contributed by atoms with Gasteiger partial charge in [0.2, 0.25) is 0 Å². The second kappa shape index (κ2) is 4.34. The lowest BCUT2D eigenvalue weighted by Crippen LogP contribution is -2.47. The summed E-state index contributed by atoms with van der Waals surface area (Å²) in [5, 5.41) is 0. The van der Waals surface area contributed by atoms with Crippen molar-refractivity contribution in [1.29, 1.82) is 0 Å². The van der Waals surface area contributed by atoms with Gasteiger partial charge in [-0.05, 0) is 13.3 Å². The van der Waals surface area contributed by atoms with Gasteiger partial charge >= 0.3 is 0 Å². The summed E-state index contributed by atoms with van der Waals surface area (Å²) >= 11 is 0. The number of carbonyl (C=O) groups is 2. The predicted molar refractivity (Wildman–Crippen MR) is 45.8 cm³/mol. The topological polar surface area (TPSA) is 72.6 Å². The fourth-order valence-corrected chi connectivity index (χ4v) is 1.10. The van der Waals surface area contributed by atoms with Crippen molar-refractivity contribution < 1.29 is 14.3 Å². The van der Waals surface area contributed by atoms with Crippen LogP contribution in [-0.2, 0) is 14.3 Å². The van der Waals surface area contributed by atoms with E-state index in [9.17, 15) is 9.59 Å². The number of morpholine rings is 1. The van der Waals surface area contributed by atoms with Gasteiger partial charge in [0.15, 0.2) is 0 Å². The third-order valence-corrected chi connectivity index (χ3v) is 1.86. The van der Waals surface area contributed by atoms with Crippen LogP contribution in [0.5, 0.6) is 0 Å². The second-order valence-electron chi connectivity index (χ2n) is 3.20. The zero-order valence-electron chi connectivity index (χ0n) is 7.66. The molecule has 13 heavy (non-hydrogen) atoms. The summed E-state index contributed by atoms with van der Waals surface area (Å²) in [5.41, 5.74) is 5.52. The van der Waals surface area contributed by atoms with E-state index in [2.05, 4.69) is 0 Å². The second-order valence-corrected chi connectivity index (χ2v) is 3.20. The molecule has 74 valence electrons. The van der Waals surface area contributed by atoms with Crippen molar-refractivity contribution in [3.8, 4) is 0 Å². The first-order valence-corrected chi connectivity index (χ1v) is 4.28. The molecule has 1 saturated heterocycles. The molecule has 2 N–H and O–H groups in total. The Labute approximate surface area is 76.8 Å². The Morgan fingerprint density at radius 3 is 2.46 bits per heavy atom. The van der Waals surface area contributed by atoms with Gasteiger partial charge in [0.05, 0.1) is 0 Å². The van der Waals surface area contributed by atoms with Crippen molar-refractivity contribution >= 4 is 11.8 Å². The minimum absolute atomic E-state index is 0.00319. The highest BCUT2D eigenvalue weighted by molar-refractivity contribution is 5.98. The maximum atomic E-state index is 11.2. The van der Waals surface area contributed by atoms with Gasteiger partial charge in [0.25, 0.3) is 11.8 Å². The molecule has 0 saturated carbocycles. The SMILES string of the molecule is CC(N)CCN1C(=O)COCC1=O. The van der Waals surface area contributed by atoms with E-state index in [0.717, 1.165) is 0 Å². The van der Waals surface area contributed by atoms with Crippen LogP contribution in [0.1, 0.15) is 13.3 Å². The average molecular weight is 186 g/mol. The van der Waals surface area contributed by atoms with E-state index in [0.29, 0.717) is 13.0 Å². The molecule has 0 aliphatic carbocycles. The Bertz CT molecular complexity index is 199. The van der Waals surface area contributed by atoms with E-state index in [4.69, 9.17) is 10.5 Å². The minimum Gasteiger partial charge on any atom is -0.362 e. The zero-order chi connectivity index (χ0) is 9.84. The van der Waals surface area contributed by atoms with Crippen LogP contribution in [0.4, 0.5) is 0 Å². The smallest absolute Gasteiger partial charge is 0.255 e. The van der Waals surface area contributed by atoms with Crippen LogP contribution in [-0.4, -0.2) is 42.5 Å². The largest absolute Gasteiger partial charge is 0.362 e. The standard InChI is InChI=1S/C8H14N2O3/c1-6(9)2-3-10-7(11)4-13-5-8(10)12/h6H,2-5,9H2,1H3. The molecule has 1 heterocycles. The molecule has 1 atom stereocenters. The Morgan fingerprint density at radius 1 is 1.46 bits per heavy atom. The van der Waals surface area contributed by atoms with Crippen molar-refractivity contribution in [2.24, 2.45) is 5.73 Å². The molecule has 1 aliphatic rings. The van der Waals surface area contributed by atoms with Crippen molar-refractivity contribution in [3.63, 3.8) is 0 Å². The summed E-state index contributed by atoms with van der Waals surface area (Å²) < 4.78 is 4.76. The molecular formula is C8H14N2O3. The van der Waals surface area contributed by atoms with Crippen molar-refractivity contribution in [1.82, 2.24) is 4.90 Å². The first-order valence-electron chi connectivity index (χ1n) is 4.28. The van der Waals surface area contributed by atoms with E-state index in [-0.39, 0.29) is 31.1 Å². The van der Waals surface area contributed by atoms with Gasteiger partial charge in [0, 0.05) is 12.6 Å². The fourth-order valence-electron chi connectivity index (χ4n) is 1.10. The van der Waals surface area contributed by atoms with Gasteiger partial charge < -0.3 is 10.5 Å². The van der Waals surface area contributed by atoms with Gasteiger partial charge in [-0.15, -0.1) is 0 Å². The molecule has 1 unspecified atom stereocenters. The lowest BCUT2D eigenvalue weighted by atomic mass is 10.2. The third kappa shape index (κ3) is 2.78. The van der Waals surface area contributed by atoms with Gasteiger partial charge in [-0.2, -0.15) is 0 Å². The van der Waals surface area contributed by atoms with Crippen molar-refractivity contribution in [2.45, 2.75) is 19.4 Å².